The molecule has 3 aromatic rings. The summed E-state index contributed by atoms with van der Waals surface area (Å²) in [4.78, 5) is 50.8. The van der Waals surface area contributed by atoms with Gasteiger partial charge in [0.25, 0.3) is 5.91 Å². The predicted molar refractivity (Wildman–Crippen MR) is 136 cm³/mol. The highest BCUT2D eigenvalue weighted by Crippen LogP contribution is 2.33. The van der Waals surface area contributed by atoms with Crippen LogP contribution < -0.4 is 16.0 Å². The molecule has 188 valence electrons. The van der Waals surface area contributed by atoms with Crippen molar-refractivity contribution in [2.24, 2.45) is 13.0 Å². The van der Waals surface area contributed by atoms with Crippen molar-refractivity contribution in [3.63, 3.8) is 0 Å². The molecule has 4 rings (SSSR count). The number of carbonyl (C=O) groups excluding carboxylic acids is 3. The molecule has 1 aliphatic heterocycles. The number of likely N-dealkylation sites (tertiary alicyclic amines) is 1. The van der Waals surface area contributed by atoms with E-state index in [9.17, 15) is 14.4 Å². The smallest absolute Gasteiger partial charge is 0.325 e. The Morgan fingerprint density at radius 3 is 2.64 bits per heavy atom. The van der Waals surface area contributed by atoms with Gasteiger partial charge in [0.05, 0.1) is 12.0 Å². The summed E-state index contributed by atoms with van der Waals surface area (Å²) >= 11 is 6.13. The number of urea groups is 1. The normalized spacial score (nSPS) is 17.9. The standard InChI is InChI=1S/C25H28ClN7O3/c1-4-19(16-6-5-7-17(26)14-16)30-25(36)33-21(23(35)32(3)24-29-10-11-31(24)2)18(22(33)34)12-15-8-9-28-20(27)13-15/h5-11,13-14,18-19,21H,4,12H2,1-3H3,(H2,27,28)(H,30,36)/t18-,19-,21+/m1/s1. The van der Waals surface area contributed by atoms with E-state index in [1.54, 1.807) is 67.6 Å². The lowest BCUT2D eigenvalue weighted by Gasteiger charge is -2.45. The van der Waals surface area contributed by atoms with Gasteiger partial charge in [-0.05, 0) is 48.2 Å². The van der Waals surface area contributed by atoms with Crippen LogP contribution in [-0.2, 0) is 23.1 Å². The number of aromatic nitrogens is 3. The molecule has 3 atom stereocenters. The zero-order valence-electron chi connectivity index (χ0n) is 20.3. The average Bonchev–Trinajstić information content (AvgIpc) is 3.28. The zero-order chi connectivity index (χ0) is 26.0. The van der Waals surface area contributed by atoms with Gasteiger partial charge in [-0.2, -0.15) is 0 Å². The number of imidazole rings is 1. The first kappa shape index (κ1) is 25.2. The van der Waals surface area contributed by atoms with Gasteiger partial charge < -0.3 is 15.6 Å². The summed E-state index contributed by atoms with van der Waals surface area (Å²) in [5.74, 6) is -0.873. The second-order valence-corrected chi connectivity index (χ2v) is 9.19. The molecule has 10 nitrogen and oxygen atoms in total. The largest absolute Gasteiger partial charge is 0.384 e. The number of anilines is 2. The van der Waals surface area contributed by atoms with Gasteiger partial charge in [0.15, 0.2) is 0 Å². The first-order chi connectivity index (χ1) is 17.2. The molecule has 4 amide bonds. The molecule has 0 aliphatic carbocycles. The Balaban J connectivity index is 1.61. The molecule has 1 saturated heterocycles. The molecular formula is C25H28ClN7O3. The molecule has 1 aliphatic rings. The number of hydrogen-bond donors (Lipinski definition) is 2. The highest BCUT2D eigenvalue weighted by molar-refractivity contribution is 6.30. The van der Waals surface area contributed by atoms with Crippen molar-refractivity contribution >= 4 is 41.2 Å². The van der Waals surface area contributed by atoms with Crippen LogP contribution in [0.1, 0.15) is 30.5 Å². The van der Waals surface area contributed by atoms with Crippen LogP contribution in [0, 0.1) is 5.92 Å². The molecule has 0 radical (unpaired) electrons. The van der Waals surface area contributed by atoms with Gasteiger partial charge in [-0.15, -0.1) is 0 Å². The molecule has 0 spiro atoms. The number of nitrogens with zero attached hydrogens (tertiary/aromatic N) is 5. The second-order valence-electron chi connectivity index (χ2n) is 8.75. The van der Waals surface area contributed by atoms with E-state index in [4.69, 9.17) is 17.3 Å². The SMILES string of the molecule is CC[C@@H](NC(=O)N1C(=O)[C@H](Cc2ccnc(N)c2)[C@H]1C(=O)N(C)c1nccn1C)c1cccc(Cl)c1. The fourth-order valence-corrected chi connectivity index (χ4v) is 4.67. The third-order valence-corrected chi connectivity index (χ3v) is 6.61. The number of halogens is 1. The number of nitrogens with two attached hydrogens (primary N) is 1. The number of imide groups is 1. The van der Waals surface area contributed by atoms with Crippen molar-refractivity contribution in [3.05, 3.63) is 71.1 Å². The van der Waals surface area contributed by atoms with Crippen LogP contribution in [0.25, 0.3) is 0 Å². The molecule has 36 heavy (non-hydrogen) atoms. The number of nitrogen functional groups attached to an aromatic ring is 1. The third kappa shape index (κ3) is 4.90. The van der Waals surface area contributed by atoms with Crippen LogP contribution in [0.2, 0.25) is 5.02 Å². The summed E-state index contributed by atoms with van der Waals surface area (Å²) in [6, 6.07) is 8.53. The van der Waals surface area contributed by atoms with E-state index in [1.165, 1.54) is 4.90 Å². The Labute approximate surface area is 214 Å². The number of β-lactam (4-membered cyclic amide) rings is 1. The summed E-state index contributed by atoms with van der Waals surface area (Å²) in [6.07, 6.45) is 5.64. The Morgan fingerprint density at radius 1 is 1.22 bits per heavy atom. The zero-order valence-corrected chi connectivity index (χ0v) is 21.0. The van der Waals surface area contributed by atoms with Crippen molar-refractivity contribution < 1.29 is 14.4 Å². The molecule has 0 bridgehead atoms. The number of benzene rings is 1. The summed E-state index contributed by atoms with van der Waals surface area (Å²) in [7, 11) is 3.34. The Hall–Kier alpha value is -3.92. The van der Waals surface area contributed by atoms with Crippen LogP contribution in [0.15, 0.2) is 55.0 Å². The minimum Gasteiger partial charge on any atom is -0.384 e. The van der Waals surface area contributed by atoms with E-state index < -0.39 is 29.8 Å². The van der Waals surface area contributed by atoms with Crippen LogP contribution in [-0.4, -0.2) is 50.4 Å². The van der Waals surface area contributed by atoms with E-state index >= 15 is 0 Å². The number of nitrogens with one attached hydrogen (secondary N) is 1. The van der Waals surface area contributed by atoms with Crippen molar-refractivity contribution in [1.82, 2.24) is 24.8 Å². The van der Waals surface area contributed by atoms with Gasteiger partial charge in [0.1, 0.15) is 11.9 Å². The highest BCUT2D eigenvalue weighted by Gasteiger charge is 2.55. The van der Waals surface area contributed by atoms with Crippen molar-refractivity contribution in [3.8, 4) is 0 Å². The second kappa shape index (κ2) is 10.4. The Kier molecular flexibility index (Phi) is 7.25. The van der Waals surface area contributed by atoms with Crippen molar-refractivity contribution in [1.29, 1.82) is 0 Å². The number of hydrogen-bond acceptors (Lipinski definition) is 6. The van der Waals surface area contributed by atoms with Crippen LogP contribution in [0.3, 0.4) is 0 Å². The highest BCUT2D eigenvalue weighted by atomic mass is 35.5. The molecular weight excluding hydrogens is 482 g/mol. The van der Waals surface area contributed by atoms with Gasteiger partial charge in [-0.25, -0.2) is 14.8 Å². The first-order valence-electron chi connectivity index (χ1n) is 11.6. The summed E-state index contributed by atoms with van der Waals surface area (Å²) in [6.45, 7) is 1.91. The molecule has 0 saturated carbocycles. The number of amides is 4. The van der Waals surface area contributed by atoms with Gasteiger partial charge in [0.2, 0.25) is 11.9 Å². The number of rotatable bonds is 7. The van der Waals surface area contributed by atoms with E-state index in [0.29, 0.717) is 23.2 Å². The molecule has 2 aromatic heterocycles. The molecule has 0 unspecified atom stereocenters. The lowest BCUT2D eigenvalue weighted by atomic mass is 9.81. The van der Waals surface area contributed by atoms with Gasteiger partial charge in [-0.3, -0.25) is 19.4 Å². The fourth-order valence-electron chi connectivity index (χ4n) is 4.47. The first-order valence-corrected chi connectivity index (χ1v) is 11.9. The van der Waals surface area contributed by atoms with Gasteiger partial charge in [-0.1, -0.05) is 30.7 Å². The third-order valence-electron chi connectivity index (χ3n) is 6.37. The monoisotopic (exact) mass is 509 g/mol. The molecule has 3 heterocycles. The lowest BCUT2D eigenvalue weighted by molar-refractivity contribution is -0.156. The molecule has 1 fully saturated rings. The number of carbonyl (C=O) groups is 3. The fraction of sp³-hybridized carbons (Fsp3) is 0.320. The maximum atomic E-state index is 13.6. The quantitative estimate of drug-likeness (QED) is 0.471. The van der Waals surface area contributed by atoms with Crippen LogP contribution in [0.5, 0.6) is 0 Å². The molecule has 1 aromatic carbocycles. The summed E-state index contributed by atoms with van der Waals surface area (Å²) < 4.78 is 1.69. The van der Waals surface area contributed by atoms with E-state index in [-0.39, 0.29) is 12.5 Å². The molecule has 3 N–H and O–H groups in total. The van der Waals surface area contributed by atoms with Crippen LogP contribution >= 0.6 is 11.6 Å². The number of likely N-dealkylation sites (N-methyl/N-ethyl adjacent to an activating group) is 1. The number of aryl methyl sites for hydroxylation is 1. The Bertz CT molecular complexity index is 1290. The minimum absolute atomic E-state index is 0.242. The molecule has 11 heteroatoms. The Morgan fingerprint density at radius 2 is 2.00 bits per heavy atom. The average molecular weight is 510 g/mol. The minimum atomic E-state index is -1.01. The van der Waals surface area contributed by atoms with Gasteiger partial charge in [0, 0.05) is 37.7 Å². The van der Waals surface area contributed by atoms with Crippen LogP contribution in [0.4, 0.5) is 16.6 Å². The van der Waals surface area contributed by atoms with E-state index in [0.717, 1.165) is 16.0 Å². The van der Waals surface area contributed by atoms with Crippen molar-refractivity contribution in [2.45, 2.75) is 31.8 Å². The topological polar surface area (TPSA) is 126 Å². The number of pyridine rings is 1. The maximum absolute atomic E-state index is 13.6. The maximum Gasteiger partial charge on any atom is 0.325 e. The van der Waals surface area contributed by atoms with Crippen molar-refractivity contribution in [2.75, 3.05) is 17.7 Å². The van der Waals surface area contributed by atoms with E-state index in [1.807, 2.05) is 13.0 Å². The summed E-state index contributed by atoms with van der Waals surface area (Å²) in [5.41, 5.74) is 7.36. The van der Waals surface area contributed by atoms with E-state index in [2.05, 4.69) is 15.3 Å². The van der Waals surface area contributed by atoms with Gasteiger partial charge >= 0.3 is 6.03 Å². The predicted octanol–water partition coefficient (Wildman–Crippen LogP) is 2.94. The summed E-state index contributed by atoms with van der Waals surface area (Å²) in [5, 5.41) is 3.44. The lowest BCUT2D eigenvalue weighted by Crippen LogP contribution is -2.70.